The van der Waals surface area contributed by atoms with Crippen molar-refractivity contribution in [1.82, 2.24) is 14.5 Å². The van der Waals surface area contributed by atoms with Crippen LogP contribution < -0.4 is 9.46 Å². The van der Waals surface area contributed by atoms with Gasteiger partial charge in [0.2, 0.25) is 10.0 Å². The number of hydrogen-bond donors (Lipinski definition) is 1. The average molecular weight is 349 g/mol. The van der Waals surface area contributed by atoms with E-state index in [9.17, 15) is 8.42 Å². The Hall–Kier alpha value is -1.86. The van der Waals surface area contributed by atoms with E-state index in [0.717, 1.165) is 12.8 Å². The van der Waals surface area contributed by atoms with E-state index < -0.39 is 10.0 Å². The third-order valence-electron chi connectivity index (χ3n) is 4.20. The Balaban J connectivity index is 1.67. The van der Waals surface area contributed by atoms with E-state index in [1.54, 1.807) is 24.3 Å². The van der Waals surface area contributed by atoms with Crippen LogP contribution in [0, 0.1) is 0 Å². The van der Waals surface area contributed by atoms with Crippen molar-refractivity contribution in [3.63, 3.8) is 0 Å². The van der Waals surface area contributed by atoms with Gasteiger partial charge in [0.15, 0.2) is 0 Å². The molecule has 3 rings (SSSR count). The first-order valence-corrected chi connectivity index (χ1v) is 9.85. The SMILES string of the molecule is CCOc1ccccc1S(=O)(=O)NCCn1ncc2c1CCCC2. The summed E-state index contributed by atoms with van der Waals surface area (Å²) in [4.78, 5) is 0.175. The van der Waals surface area contributed by atoms with E-state index in [0.29, 0.717) is 25.4 Å². The zero-order chi connectivity index (χ0) is 17.0. The van der Waals surface area contributed by atoms with Crippen molar-refractivity contribution in [2.75, 3.05) is 13.2 Å². The number of para-hydroxylation sites is 1. The Morgan fingerprint density at radius 3 is 2.88 bits per heavy atom. The number of rotatable bonds is 7. The van der Waals surface area contributed by atoms with Crippen molar-refractivity contribution in [1.29, 1.82) is 0 Å². The molecule has 130 valence electrons. The van der Waals surface area contributed by atoms with Crippen LogP contribution in [0.25, 0.3) is 0 Å². The van der Waals surface area contributed by atoms with Crippen LogP contribution in [0.4, 0.5) is 0 Å². The van der Waals surface area contributed by atoms with E-state index in [1.165, 1.54) is 24.1 Å². The molecule has 1 aliphatic carbocycles. The van der Waals surface area contributed by atoms with Crippen molar-refractivity contribution >= 4 is 10.0 Å². The van der Waals surface area contributed by atoms with Crippen molar-refractivity contribution in [3.05, 3.63) is 41.7 Å². The summed E-state index contributed by atoms with van der Waals surface area (Å²) < 4.78 is 35.0. The highest BCUT2D eigenvalue weighted by atomic mass is 32.2. The molecule has 1 aromatic carbocycles. The molecule has 1 heterocycles. The lowest BCUT2D eigenvalue weighted by molar-refractivity contribution is 0.331. The first kappa shape index (κ1) is 17.0. The first-order chi connectivity index (χ1) is 11.6. The zero-order valence-corrected chi connectivity index (χ0v) is 14.7. The van der Waals surface area contributed by atoms with Gasteiger partial charge in [-0.1, -0.05) is 12.1 Å². The maximum atomic E-state index is 12.5. The molecule has 24 heavy (non-hydrogen) atoms. The second kappa shape index (κ2) is 7.36. The quantitative estimate of drug-likeness (QED) is 0.831. The van der Waals surface area contributed by atoms with Crippen LogP contribution in [0.2, 0.25) is 0 Å². The number of sulfonamides is 1. The number of ether oxygens (including phenoxy) is 1. The topological polar surface area (TPSA) is 73.2 Å². The normalized spacial score (nSPS) is 14.4. The van der Waals surface area contributed by atoms with Gasteiger partial charge in [-0.2, -0.15) is 5.10 Å². The fourth-order valence-electron chi connectivity index (χ4n) is 3.06. The van der Waals surface area contributed by atoms with Crippen molar-refractivity contribution in [3.8, 4) is 5.75 Å². The van der Waals surface area contributed by atoms with Gasteiger partial charge in [0.25, 0.3) is 0 Å². The molecule has 1 aliphatic rings. The van der Waals surface area contributed by atoms with Gasteiger partial charge in [-0.15, -0.1) is 0 Å². The first-order valence-electron chi connectivity index (χ1n) is 8.37. The van der Waals surface area contributed by atoms with Crippen LogP contribution in [-0.2, 0) is 29.4 Å². The third-order valence-corrected chi connectivity index (χ3v) is 5.70. The largest absolute Gasteiger partial charge is 0.492 e. The molecular formula is C17H23N3O3S. The van der Waals surface area contributed by atoms with E-state index in [-0.39, 0.29) is 4.90 Å². The van der Waals surface area contributed by atoms with Crippen LogP contribution in [0.3, 0.4) is 0 Å². The van der Waals surface area contributed by atoms with Crippen LogP contribution >= 0.6 is 0 Å². The maximum Gasteiger partial charge on any atom is 0.244 e. The molecule has 0 fully saturated rings. The summed E-state index contributed by atoms with van der Waals surface area (Å²) in [5.41, 5.74) is 2.54. The molecule has 0 bridgehead atoms. The summed E-state index contributed by atoms with van der Waals surface area (Å²) >= 11 is 0. The molecule has 0 saturated carbocycles. The van der Waals surface area contributed by atoms with Crippen LogP contribution in [-0.4, -0.2) is 31.3 Å². The molecule has 2 aromatic rings. The fraction of sp³-hybridized carbons (Fsp3) is 0.471. The van der Waals surface area contributed by atoms with Gasteiger partial charge in [0.1, 0.15) is 10.6 Å². The highest BCUT2D eigenvalue weighted by molar-refractivity contribution is 7.89. The van der Waals surface area contributed by atoms with E-state index in [2.05, 4.69) is 9.82 Å². The van der Waals surface area contributed by atoms with Crippen LogP contribution in [0.1, 0.15) is 31.0 Å². The van der Waals surface area contributed by atoms with Gasteiger partial charge in [-0.25, -0.2) is 13.1 Å². The minimum atomic E-state index is -3.60. The van der Waals surface area contributed by atoms with Gasteiger partial charge >= 0.3 is 0 Å². The highest BCUT2D eigenvalue weighted by Crippen LogP contribution is 2.23. The van der Waals surface area contributed by atoms with Crippen LogP contribution in [0.5, 0.6) is 5.75 Å². The highest BCUT2D eigenvalue weighted by Gasteiger charge is 2.19. The van der Waals surface area contributed by atoms with Crippen LogP contribution in [0.15, 0.2) is 35.4 Å². The predicted molar refractivity (Wildman–Crippen MR) is 91.7 cm³/mol. The number of nitrogens with one attached hydrogen (secondary N) is 1. The summed E-state index contributed by atoms with van der Waals surface area (Å²) in [7, 11) is -3.60. The lowest BCUT2D eigenvalue weighted by Crippen LogP contribution is -2.28. The second-order valence-electron chi connectivity index (χ2n) is 5.82. The van der Waals surface area contributed by atoms with Gasteiger partial charge in [0.05, 0.1) is 19.3 Å². The molecular weight excluding hydrogens is 326 g/mol. The summed E-state index contributed by atoms with van der Waals surface area (Å²) in [6.07, 6.45) is 6.39. The predicted octanol–water partition coefficient (Wildman–Crippen LogP) is 2.14. The van der Waals surface area contributed by atoms with Gasteiger partial charge in [-0.05, 0) is 50.3 Å². The number of hydrogen-bond acceptors (Lipinski definition) is 4. The molecule has 0 amide bonds. The zero-order valence-electron chi connectivity index (χ0n) is 13.9. The molecule has 6 nitrogen and oxygen atoms in total. The Morgan fingerprint density at radius 1 is 1.25 bits per heavy atom. The van der Waals surface area contributed by atoms with Gasteiger partial charge < -0.3 is 4.74 Å². The second-order valence-corrected chi connectivity index (χ2v) is 7.56. The molecule has 0 spiro atoms. The Morgan fingerprint density at radius 2 is 2.04 bits per heavy atom. The lowest BCUT2D eigenvalue weighted by Gasteiger charge is -2.15. The smallest absolute Gasteiger partial charge is 0.244 e. The lowest BCUT2D eigenvalue weighted by atomic mass is 9.98. The number of fused-ring (bicyclic) bond motifs is 1. The molecule has 7 heteroatoms. The molecule has 0 atom stereocenters. The molecule has 0 unspecified atom stereocenters. The minimum absolute atomic E-state index is 0.175. The molecule has 0 saturated heterocycles. The van der Waals surface area contributed by atoms with Crippen molar-refractivity contribution < 1.29 is 13.2 Å². The van der Waals surface area contributed by atoms with Gasteiger partial charge in [0, 0.05) is 12.2 Å². The number of aryl methyl sites for hydroxylation is 1. The Kier molecular flexibility index (Phi) is 5.20. The third kappa shape index (κ3) is 3.62. The number of nitrogens with zero attached hydrogens (tertiary/aromatic N) is 2. The summed E-state index contributed by atoms with van der Waals surface area (Å²) in [5.74, 6) is 0.379. The van der Waals surface area contributed by atoms with Crippen molar-refractivity contribution in [2.45, 2.75) is 44.0 Å². The van der Waals surface area contributed by atoms with Gasteiger partial charge in [-0.3, -0.25) is 4.68 Å². The average Bonchev–Trinajstić information content (AvgIpc) is 2.99. The fourth-order valence-corrected chi connectivity index (χ4v) is 4.22. The number of benzene rings is 1. The van der Waals surface area contributed by atoms with E-state index in [4.69, 9.17) is 4.74 Å². The minimum Gasteiger partial charge on any atom is -0.492 e. The molecule has 0 radical (unpaired) electrons. The number of aromatic nitrogens is 2. The maximum absolute atomic E-state index is 12.5. The standard InChI is InChI=1S/C17H23N3O3S/c1-2-23-16-9-5-6-10-17(16)24(21,22)19-11-12-20-15-8-4-3-7-14(15)13-18-20/h5-6,9-10,13,19H,2-4,7-8,11-12H2,1H3. The van der Waals surface area contributed by atoms with E-state index in [1.807, 2.05) is 17.8 Å². The molecule has 1 aromatic heterocycles. The summed E-state index contributed by atoms with van der Waals surface area (Å²) in [6, 6.07) is 6.69. The Labute approximate surface area is 142 Å². The Bertz CT molecular complexity index is 799. The van der Waals surface area contributed by atoms with Crippen molar-refractivity contribution in [2.24, 2.45) is 0 Å². The summed E-state index contributed by atoms with van der Waals surface area (Å²) in [6.45, 7) is 3.09. The summed E-state index contributed by atoms with van der Waals surface area (Å²) in [5, 5.41) is 4.39. The molecule has 0 aliphatic heterocycles. The van der Waals surface area contributed by atoms with E-state index >= 15 is 0 Å². The monoisotopic (exact) mass is 349 g/mol. The molecule has 1 N–H and O–H groups in total.